The van der Waals surface area contributed by atoms with Gasteiger partial charge in [0.1, 0.15) is 11.3 Å². The van der Waals surface area contributed by atoms with E-state index in [2.05, 4.69) is 15.5 Å². The van der Waals surface area contributed by atoms with Crippen LogP contribution in [0.5, 0.6) is 0 Å². The van der Waals surface area contributed by atoms with Crippen LogP contribution < -0.4 is 11.0 Å². The number of hydrogen-bond donors (Lipinski definition) is 2. The first kappa shape index (κ1) is 17.5. The third-order valence-electron chi connectivity index (χ3n) is 4.34. The number of para-hydroxylation sites is 1. The second-order valence-corrected chi connectivity index (χ2v) is 6.14. The number of nitrogens with one attached hydrogen (secondary N) is 1. The number of carbonyl (C=O) groups is 2. The van der Waals surface area contributed by atoms with Crippen LogP contribution in [-0.4, -0.2) is 32.1 Å². The smallest absolute Gasteiger partial charge is 0.342 e. The Morgan fingerprint density at radius 2 is 2.04 bits per heavy atom. The number of carboxylic acids is 1. The van der Waals surface area contributed by atoms with Crippen LogP contribution in [0.3, 0.4) is 0 Å². The first-order chi connectivity index (χ1) is 12.4. The molecule has 2 heterocycles. The van der Waals surface area contributed by atoms with Crippen LogP contribution in [0.25, 0.3) is 0 Å². The van der Waals surface area contributed by atoms with E-state index < -0.39 is 11.5 Å². The molecule has 8 nitrogen and oxygen atoms in total. The van der Waals surface area contributed by atoms with Crippen molar-refractivity contribution in [2.45, 2.75) is 32.7 Å². The number of carbonyl (C=O) groups excluding carboxylic acids is 1. The van der Waals surface area contributed by atoms with Crippen LogP contribution in [0.1, 0.15) is 59.3 Å². The van der Waals surface area contributed by atoms with E-state index in [1.54, 1.807) is 24.3 Å². The molecule has 1 aliphatic rings. The molecule has 0 amide bonds. The third-order valence-corrected chi connectivity index (χ3v) is 4.34. The SMILES string of the molecule is CC(=O)c1ccccc1NN=C1CCC(C)n2c1ncc(C(=O)O)c2=O. The lowest BCUT2D eigenvalue weighted by Crippen LogP contribution is -2.37. The molecule has 0 saturated carbocycles. The molecule has 8 heteroatoms. The van der Waals surface area contributed by atoms with Crippen LogP contribution in [0.4, 0.5) is 5.69 Å². The minimum Gasteiger partial charge on any atom is -0.477 e. The first-order valence-electron chi connectivity index (χ1n) is 8.18. The molecule has 1 aliphatic heterocycles. The molecule has 0 bridgehead atoms. The lowest BCUT2D eigenvalue weighted by atomic mass is 10.0. The quantitative estimate of drug-likeness (QED) is 0.643. The maximum Gasteiger partial charge on any atom is 0.342 e. The second-order valence-electron chi connectivity index (χ2n) is 6.14. The maximum atomic E-state index is 12.5. The van der Waals surface area contributed by atoms with Crippen molar-refractivity contribution in [2.24, 2.45) is 5.10 Å². The summed E-state index contributed by atoms with van der Waals surface area (Å²) in [5.41, 5.74) is 3.52. The van der Waals surface area contributed by atoms with Gasteiger partial charge < -0.3 is 5.11 Å². The Bertz CT molecular complexity index is 977. The number of benzene rings is 1. The van der Waals surface area contributed by atoms with E-state index in [-0.39, 0.29) is 17.4 Å². The largest absolute Gasteiger partial charge is 0.477 e. The van der Waals surface area contributed by atoms with Gasteiger partial charge in [-0.05, 0) is 38.8 Å². The van der Waals surface area contributed by atoms with Crippen LogP contribution in [0.15, 0.2) is 40.4 Å². The number of hydrogen-bond acceptors (Lipinski definition) is 6. The van der Waals surface area contributed by atoms with E-state index in [1.807, 2.05) is 6.92 Å². The lowest BCUT2D eigenvalue weighted by molar-refractivity contribution is 0.0693. The highest BCUT2D eigenvalue weighted by Crippen LogP contribution is 2.23. The Balaban J connectivity index is 2.02. The van der Waals surface area contributed by atoms with E-state index >= 15 is 0 Å². The van der Waals surface area contributed by atoms with Crippen molar-refractivity contribution in [3.05, 3.63) is 57.8 Å². The topological polar surface area (TPSA) is 114 Å². The zero-order chi connectivity index (χ0) is 18.8. The lowest BCUT2D eigenvalue weighted by Gasteiger charge is -2.25. The Hall–Kier alpha value is -3.29. The van der Waals surface area contributed by atoms with E-state index in [1.165, 1.54) is 11.5 Å². The summed E-state index contributed by atoms with van der Waals surface area (Å²) in [6.07, 6.45) is 2.27. The Morgan fingerprint density at radius 1 is 1.31 bits per heavy atom. The normalized spacial score (nSPS) is 17.6. The van der Waals surface area contributed by atoms with Gasteiger partial charge in [0.25, 0.3) is 5.56 Å². The zero-order valence-electron chi connectivity index (χ0n) is 14.4. The van der Waals surface area contributed by atoms with Crippen molar-refractivity contribution in [3.63, 3.8) is 0 Å². The highest BCUT2D eigenvalue weighted by molar-refractivity contribution is 6.01. The van der Waals surface area contributed by atoms with Crippen molar-refractivity contribution in [1.82, 2.24) is 9.55 Å². The molecule has 0 fully saturated rings. The molecule has 2 N–H and O–H groups in total. The van der Waals surface area contributed by atoms with Crippen molar-refractivity contribution in [2.75, 3.05) is 5.43 Å². The average molecular weight is 354 g/mol. The molecule has 0 spiro atoms. The Morgan fingerprint density at radius 3 is 2.73 bits per heavy atom. The average Bonchev–Trinajstić information content (AvgIpc) is 2.61. The molecule has 1 atom stereocenters. The fraction of sp³-hybridized carbons (Fsp3) is 0.278. The maximum absolute atomic E-state index is 12.5. The van der Waals surface area contributed by atoms with Gasteiger partial charge in [-0.25, -0.2) is 9.78 Å². The molecule has 0 radical (unpaired) electrons. The second kappa shape index (κ2) is 6.91. The summed E-state index contributed by atoms with van der Waals surface area (Å²) in [5, 5.41) is 13.5. The highest BCUT2D eigenvalue weighted by Gasteiger charge is 2.26. The van der Waals surface area contributed by atoms with Gasteiger partial charge in [0, 0.05) is 17.8 Å². The van der Waals surface area contributed by atoms with E-state index in [9.17, 15) is 14.4 Å². The van der Waals surface area contributed by atoms with Gasteiger partial charge in [0.2, 0.25) is 0 Å². The molecular formula is C18H18N4O4. The van der Waals surface area contributed by atoms with Crippen molar-refractivity contribution >= 4 is 23.2 Å². The summed E-state index contributed by atoms with van der Waals surface area (Å²) in [6, 6.07) is 6.81. The summed E-state index contributed by atoms with van der Waals surface area (Å²) >= 11 is 0. The van der Waals surface area contributed by atoms with Crippen LogP contribution in [0, 0.1) is 0 Å². The molecule has 3 rings (SSSR count). The fourth-order valence-corrected chi connectivity index (χ4v) is 2.95. The Kier molecular flexibility index (Phi) is 4.66. The monoisotopic (exact) mass is 354 g/mol. The molecule has 0 aliphatic carbocycles. The minimum absolute atomic E-state index is 0.0913. The standard InChI is InChI=1S/C18H18N4O4/c1-10-7-8-15(16-19-9-13(18(25)26)17(24)22(10)16)21-20-14-6-4-3-5-12(14)11(2)23/h3-6,9-10,20H,7-8H2,1-2H3,(H,25,26). The van der Waals surface area contributed by atoms with Crippen LogP contribution >= 0.6 is 0 Å². The van der Waals surface area contributed by atoms with Gasteiger partial charge in [0.15, 0.2) is 11.6 Å². The van der Waals surface area contributed by atoms with Crippen molar-refractivity contribution < 1.29 is 14.7 Å². The van der Waals surface area contributed by atoms with Gasteiger partial charge >= 0.3 is 5.97 Å². The number of rotatable bonds is 4. The minimum atomic E-state index is -1.30. The number of anilines is 1. The van der Waals surface area contributed by atoms with Gasteiger partial charge in [-0.1, -0.05) is 12.1 Å². The van der Waals surface area contributed by atoms with Gasteiger partial charge in [-0.3, -0.25) is 19.6 Å². The number of ketones is 1. The highest BCUT2D eigenvalue weighted by atomic mass is 16.4. The van der Waals surface area contributed by atoms with Gasteiger partial charge in [0.05, 0.1) is 5.69 Å². The molecule has 26 heavy (non-hydrogen) atoms. The summed E-state index contributed by atoms with van der Waals surface area (Å²) in [4.78, 5) is 39.5. The zero-order valence-corrected chi connectivity index (χ0v) is 14.4. The molecule has 1 unspecified atom stereocenters. The van der Waals surface area contributed by atoms with E-state index in [0.717, 1.165) is 6.20 Å². The third kappa shape index (κ3) is 3.13. The summed E-state index contributed by atoms with van der Waals surface area (Å²) in [6.45, 7) is 3.31. The van der Waals surface area contributed by atoms with Crippen molar-refractivity contribution in [1.29, 1.82) is 0 Å². The summed E-state index contributed by atoms with van der Waals surface area (Å²) < 4.78 is 1.37. The predicted molar refractivity (Wildman–Crippen MR) is 96.0 cm³/mol. The molecule has 134 valence electrons. The molecular weight excluding hydrogens is 336 g/mol. The molecule has 1 aromatic heterocycles. The number of Topliss-reactive ketones (excluding diaryl/α,β-unsaturated/α-hetero) is 1. The van der Waals surface area contributed by atoms with Crippen molar-refractivity contribution in [3.8, 4) is 0 Å². The van der Waals surface area contributed by atoms with E-state index in [0.29, 0.717) is 35.6 Å². The predicted octanol–water partition coefficient (Wildman–Crippen LogP) is 2.32. The number of nitrogens with zero attached hydrogens (tertiary/aromatic N) is 3. The number of hydrazone groups is 1. The number of aromatic nitrogens is 2. The number of carboxylic acid groups (broad SMARTS) is 1. The molecule has 1 aromatic carbocycles. The van der Waals surface area contributed by atoms with Crippen LogP contribution in [-0.2, 0) is 0 Å². The van der Waals surface area contributed by atoms with Gasteiger partial charge in [-0.2, -0.15) is 5.10 Å². The summed E-state index contributed by atoms with van der Waals surface area (Å²) in [7, 11) is 0. The Labute approximate surface area is 149 Å². The first-order valence-corrected chi connectivity index (χ1v) is 8.18. The summed E-state index contributed by atoms with van der Waals surface area (Å²) in [5.74, 6) is -1.06. The fourth-order valence-electron chi connectivity index (χ4n) is 2.95. The van der Waals surface area contributed by atoms with Crippen LogP contribution in [0.2, 0.25) is 0 Å². The molecule has 2 aromatic rings. The molecule has 0 saturated heterocycles. The number of fused-ring (bicyclic) bond motifs is 1. The van der Waals surface area contributed by atoms with Gasteiger partial charge in [-0.15, -0.1) is 0 Å². The number of aromatic carboxylic acids is 1. The van der Waals surface area contributed by atoms with E-state index in [4.69, 9.17) is 5.11 Å².